The third kappa shape index (κ3) is 4.57. The average Bonchev–Trinajstić information content (AvgIpc) is 2.37. The van der Waals surface area contributed by atoms with Crippen molar-refractivity contribution < 1.29 is 14.6 Å². The summed E-state index contributed by atoms with van der Waals surface area (Å²) in [5, 5.41) is 12.2. The maximum absolute atomic E-state index is 10.6. The summed E-state index contributed by atoms with van der Waals surface area (Å²) >= 11 is 0. The van der Waals surface area contributed by atoms with E-state index >= 15 is 0 Å². The van der Waals surface area contributed by atoms with Gasteiger partial charge in [0.15, 0.2) is 0 Å². The Kier molecular flexibility index (Phi) is 5.90. The molecular formula is C13H18N2O3. The van der Waals surface area contributed by atoms with E-state index in [1.54, 1.807) is 6.08 Å². The maximum atomic E-state index is 10.6. The van der Waals surface area contributed by atoms with Gasteiger partial charge in [0.2, 0.25) is 5.91 Å². The summed E-state index contributed by atoms with van der Waals surface area (Å²) in [6.07, 6.45) is 0.493. The summed E-state index contributed by atoms with van der Waals surface area (Å²) in [5.74, 6) is 0.0113. The molecule has 0 aliphatic rings. The molecule has 1 unspecified atom stereocenters. The van der Waals surface area contributed by atoms with E-state index in [4.69, 9.17) is 10.5 Å². The number of para-hydroxylation sites is 1. The molecule has 0 spiro atoms. The van der Waals surface area contributed by atoms with E-state index in [1.807, 2.05) is 24.3 Å². The molecule has 1 amide bonds. The molecule has 0 radical (unpaired) electrons. The van der Waals surface area contributed by atoms with Crippen molar-refractivity contribution in [3.8, 4) is 5.75 Å². The van der Waals surface area contributed by atoms with Crippen LogP contribution in [0.25, 0.3) is 0 Å². The van der Waals surface area contributed by atoms with Crippen molar-refractivity contribution >= 4 is 5.91 Å². The number of rotatable bonds is 8. The maximum Gasteiger partial charge on any atom is 0.247 e. The Morgan fingerprint density at radius 1 is 1.56 bits per heavy atom. The van der Waals surface area contributed by atoms with E-state index in [0.29, 0.717) is 13.2 Å². The number of benzene rings is 1. The van der Waals surface area contributed by atoms with Crippen LogP contribution in [-0.4, -0.2) is 30.3 Å². The number of carbonyl (C=O) groups excluding carboxylic acids is 1. The first-order chi connectivity index (χ1) is 8.65. The van der Waals surface area contributed by atoms with Crippen LogP contribution < -0.4 is 15.8 Å². The summed E-state index contributed by atoms with van der Waals surface area (Å²) in [7, 11) is 0. The summed E-state index contributed by atoms with van der Waals surface area (Å²) in [5.41, 5.74) is 5.89. The first kappa shape index (κ1) is 14.2. The molecule has 0 saturated heterocycles. The highest BCUT2D eigenvalue weighted by Crippen LogP contribution is 2.17. The molecule has 98 valence electrons. The highest BCUT2D eigenvalue weighted by Gasteiger charge is 2.10. The predicted octanol–water partition coefficient (Wildman–Crippen LogP) is 0.187. The first-order valence-corrected chi connectivity index (χ1v) is 5.65. The lowest BCUT2D eigenvalue weighted by molar-refractivity contribution is -0.125. The van der Waals surface area contributed by atoms with E-state index < -0.39 is 12.0 Å². The lowest BCUT2D eigenvalue weighted by Gasteiger charge is -2.12. The molecule has 0 bridgehead atoms. The number of primary amides is 1. The highest BCUT2D eigenvalue weighted by atomic mass is 16.5. The number of nitrogens with two attached hydrogens (primary N) is 1. The standard InChI is InChI=1S/C13H18N2O3/c1-2-7-18-12-6-4-3-5-10(12)8-15-9-11(16)13(14)17/h2-6,11,15-16H,1,7-9H2,(H2,14,17). The third-order valence-corrected chi connectivity index (χ3v) is 2.31. The fraction of sp³-hybridized carbons (Fsp3) is 0.308. The molecule has 0 aromatic heterocycles. The average molecular weight is 250 g/mol. The fourth-order valence-corrected chi connectivity index (χ4v) is 1.38. The van der Waals surface area contributed by atoms with Crippen molar-refractivity contribution in [2.75, 3.05) is 13.2 Å². The van der Waals surface area contributed by atoms with Crippen LogP contribution in [0.3, 0.4) is 0 Å². The highest BCUT2D eigenvalue weighted by molar-refractivity contribution is 5.78. The van der Waals surface area contributed by atoms with Gasteiger partial charge < -0.3 is 20.9 Å². The van der Waals surface area contributed by atoms with Crippen molar-refractivity contribution in [1.82, 2.24) is 5.32 Å². The topological polar surface area (TPSA) is 84.6 Å². The SMILES string of the molecule is C=CCOc1ccccc1CNCC(O)C(N)=O. The van der Waals surface area contributed by atoms with Gasteiger partial charge in [0.1, 0.15) is 18.5 Å². The normalized spacial score (nSPS) is 11.8. The molecule has 1 rings (SSSR count). The van der Waals surface area contributed by atoms with Crippen LogP contribution in [0.2, 0.25) is 0 Å². The van der Waals surface area contributed by atoms with Crippen molar-refractivity contribution in [2.24, 2.45) is 5.73 Å². The molecule has 0 heterocycles. The molecule has 1 atom stereocenters. The van der Waals surface area contributed by atoms with Crippen LogP contribution in [0.4, 0.5) is 0 Å². The largest absolute Gasteiger partial charge is 0.489 e. The summed E-state index contributed by atoms with van der Waals surface area (Å²) in [6, 6.07) is 7.52. The van der Waals surface area contributed by atoms with Gasteiger partial charge in [-0.05, 0) is 6.07 Å². The smallest absolute Gasteiger partial charge is 0.247 e. The van der Waals surface area contributed by atoms with Gasteiger partial charge in [-0.15, -0.1) is 0 Å². The molecule has 0 fully saturated rings. The van der Waals surface area contributed by atoms with Gasteiger partial charge in [0, 0.05) is 18.7 Å². The minimum absolute atomic E-state index is 0.116. The number of hydrogen-bond donors (Lipinski definition) is 3. The molecule has 0 aliphatic carbocycles. The Morgan fingerprint density at radius 3 is 2.94 bits per heavy atom. The van der Waals surface area contributed by atoms with Crippen molar-refractivity contribution in [3.63, 3.8) is 0 Å². The van der Waals surface area contributed by atoms with Gasteiger partial charge in [-0.25, -0.2) is 0 Å². The van der Waals surface area contributed by atoms with Crippen molar-refractivity contribution in [1.29, 1.82) is 0 Å². The number of carbonyl (C=O) groups is 1. The van der Waals surface area contributed by atoms with Crippen LogP contribution in [0.1, 0.15) is 5.56 Å². The van der Waals surface area contributed by atoms with Gasteiger partial charge in [-0.2, -0.15) is 0 Å². The van der Waals surface area contributed by atoms with Gasteiger partial charge in [0.05, 0.1) is 0 Å². The number of hydrogen-bond acceptors (Lipinski definition) is 4. The van der Waals surface area contributed by atoms with Gasteiger partial charge >= 0.3 is 0 Å². The zero-order valence-corrected chi connectivity index (χ0v) is 10.1. The monoisotopic (exact) mass is 250 g/mol. The molecule has 1 aromatic rings. The minimum Gasteiger partial charge on any atom is -0.489 e. The lowest BCUT2D eigenvalue weighted by atomic mass is 10.2. The Hall–Kier alpha value is -1.85. The van der Waals surface area contributed by atoms with E-state index in [-0.39, 0.29) is 6.54 Å². The second kappa shape index (κ2) is 7.47. The number of ether oxygens (including phenoxy) is 1. The van der Waals surface area contributed by atoms with E-state index in [9.17, 15) is 9.90 Å². The molecule has 18 heavy (non-hydrogen) atoms. The second-order valence-corrected chi connectivity index (χ2v) is 3.76. The molecule has 4 N–H and O–H groups in total. The van der Waals surface area contributed by atoms with Crippen LogP contribution in [0.5, 0.6) is 5.75 Å². The molecule has 5 nitrogen and oxygen atoms in total. The van der Waals surface area contributed by atoms with Gasteiger partial charge in [-0.3, -0.25) is 4.79 Å². The lowest BCUT2D eigenvalue weighted by Crippen LogP contribution is -2.37. The summed E-state index contributed by atoms with van der Waals surface area (Å²) in [6.45, 7) is 4.62. The summed E-state index contributed by atoms with van der Waals surface area (Å²) < 4.78 is 5.48. The number of aliphatic hydroxyl groups excluding tert-OH is 1. The van der Waals surface area contributed by atoms with Crippen molar-refractivity contribution in [3.05, 3.63) is 42.5 Å². The molecule has 0 aliphatic heterocycles. The quantitative estimate of drug-likeness (QED) is 0.575. The van der Waals surface area contributed by atoms with Gasteiger partial charge in [0.25, 0.3) is 0 Å². The first-order valence-electron chi connectivity index (χ1n) is 5.65. The van der Waals surface area contributed by atoms with Crippen molar-refractivity contribution in [2.45, 2.75) is 12.6 Å². The molecule has 1 aromatic carbocycles. The zero-order chi connectivity index (χ0) is 13.4. The van der Waals surface area contributed by atoms with Gasteiger partial charge in [-0.1, -0.05) is 30.9 Å². The van der Waals surface area contributed by atoms with E-state index in [2.05, 4.69) is 11.9 Å². The van der Waals surface area contributed by atoms with E-state index in [0.717, 1.165) is 11.3 Å². The number of amides is 1. The third-order valence-electron chi connectivity index (χ3n) is 2.31. The Labute approximate surface area is 106 Å². The number of aliphatic hydroxyl groups is 1. The van der Waals surface area contributed by atoms with Crippen LogP contribution in [0.15, 0.2) is 36.9 Å². The Balaban J connectivity index is 2.50. The summed E-state index contributed by atoms with van der Waals surface area (Å²) in [4.78, 5) is 10.6. The van der Waals surface area contributed by atoms with Crippen LogP contribution in [0, 0.1) is 0 Å². The van der Waals surface area contributed by atoms with Crippen LogP contribution >= 0.6 is 0 Å². The fourth-order valence-electron chi connectivity index (χ4n) is 1.38. The second-order valence-electron chi connectivity index (χ2n) is 3.76. The van der Waals surface area contributed by atoms with E-state index in [1.165, 1.54) is 0 Å². The molecule has 0 saturated carbocycles. The Bertz CT molecular complexity index is 407. The van der Waals surface area contributed by atoms with Crippen LogP contribution in [-0.2, 0) is 11.3 Å². The zero-order valence-electron chi connectivity index (χ0n) is 10.1. The number of nitrogens with one attached hydrogen (secondary N) is 1. The molecule has 5 heteroatoms. The Morgan fingerprint density at radius 2 is 2.28 bits per heavy atom. The minimum atomic E-state index is -1.17. The molecular weight excluding hydrogens is 232 g/mol. The predicted molar refractivity (Wildman–Crippen MR) is 69.0 cm³/mol.